The fraction of sp³-hybridized carbons (Fsp3) is 0.406. The first kappa shape index (κ1) is 30.0. The van der Waals surface area contributed by atoms with Gasteiger partial charge in [0.2, 0.25) is 0 Å². The maximum absolute atomic E-state index is 13.5. The van der Waals surface area contributed by atoms with Crippen LogP contribution in [0.2, 0.25) is 0 Å². The molecule has 0 saturated carbocycles. The van der Waals surface area contributed by atoms with Gasteiger partial charge in [0.1, 0.15) is 18.6 Å². The highest BCUT2D eigenvalue weighted by atomic mass is 16.5. The van der Waals surface area contributed by atoms with Crippen LogP contribution < -0.4 is 10.1 Å². The number of hydrogen-bond donors (Lipinski definition) is 1. The number of nitrogens with one attached hydrogen (secondary N) is 1. The van der Waals surface area contributed by atoms with Crippen molar-refractivity contribution in [2.24, 2.45) is 0 Å². The van der Waals surface area contributed by atoms with Crippen LogP contribution in [-0.4, -0.2) is 64.2 Å². The van der Waals surface area contributed by atoms with Gasteiger partial charge in [0.25, 0.3) is 5.91 Å². The Balaban J connectivity index is 1.62. The largest absolute Gasteiger partial charge is 0.492 e. The van der Waals surface area contributed by atoms with Crippen molar-refractivity contribution in [3.8, 4) is 28.1 Å². The minimum atomic E-state index is -0.260. The summed E-state index contributed by atoms with van der Waals surface area (Å²) in [4.78, 5) is 15.5. The predicted octanol–water partition coefficient (Wildman–Crippen LogP) is 5.73. The first-order valence-electron chi connectivity index (χ1n) is 14.2. The number of ether oxygens (including phenoxy) is 2. The van der Waals surface area contributed by atoms with Crippen LogP contribution in [0.25, 0.3) is 22.4 Å². The third-order valence-electron chi connectivity index (χ3n) is 7.04. The monoisotopic (exact) mass is 558 g/mol. The highest BCUT2D eigenvalue weighted by Crippen LogP contribution is 2.31. The molecule has 1 unspecified atom stereocenters. The fourth-order valence-corrected chi connectivity index (χ4v) is 4.55. The van der Waals surface area contributed by atoms with E-state index in [2.05, 4.69) is 40.4 Å². The lowest BCUT2D eigenvalue weighted by Crippen LogP contribution is -2.27. The van der Waals surface area contributed by atoms with Gasteiger partial charge in [-0.2, -0.15) is 10.2 Å². The van der Waals surface area contributed by atoms with E-state index in [0.29, 0.717) is 24.5 Å². The molecule has 9 nitrogen and oxygen atoms in total. The average Bonchev–Trinajstić information content (AvgIpc) is 3.64. The van der Waals surface area contributed by atoms with Crippen LogP contribution in [0.1, 0.15) is 61.4 Å². The van der Waals surface area contributed by atoms with Gasteiger partial charge in [0, 0.05) is 48.8 Å². The van der Waals surface area contributed by atoms with Crippen LogP contribution in [0.15, 0.2) is 61.1 Å². The van der Waals surface area contributed by atoms with Gasteiger partial charge >= 0.3 is 0 Å². The molecule has 2 aromatic heterocycles. The molecule has 0 saturated heterocycles. The molecule has 0 bridgehead atoms. The minimum absolute atomic E-state index is 0.145. The number of likely N-dealkylation sites (N-methyl/N-ethyl adjacent to an activating group) is 1. The summed E-state index contributed by atoms with van der Waals surface area (Å²) in [6, 6.07) is 13.7. The summed E-state index contributed by atoms with van der Waals surface area (Å²) in [5, 5.41) is 12.5. The number of carbonyl (C=O) groups is 1. The number of aryl methyl sites for hydroxylation is 2. The number of hydrogen-bond acceptors (Lipinski definition) is 6. The molecule has 0 radical (unpaired) electrons. The van der Waals surface area contributed by atoms with Crippen molar-refractivity contribution in [3.63, 3.8) is 0 Å². The van der Waals surface area contributed by atoms with Crippen LogP contribution in [-0.2, 0) is 11.3 Å². The van der Waals surface area contributed by atoms with Crippen LogP contribution >= 0.6 is 0 Å². The van der Waals surface area contributed by atoms with E-state index in [1.807, 2.05) is 94.0 Å². The molecule has 2 heterocycles. The van der Waals surface area contributed by atoms with Gasteiger partial charge in [0.05, 0.1) is 17.9 Å². The quantitative estimate of drug-likeness (QED) is 0.226. The van der Waals surface area contributed by atoms with Gasteiger partial charge in [-0.15, -0.1) is 0 Å². The van der Waals surface area contributed by atoms with E-state index in [1.54, 1.807) is 0 Å². The van der Waals surface area contributed by atoms with E-state index in [4.69, 9.17) is 14.6 Å². The zero-order chi connectivity index (χ0) is 29.5. The molecule has 0 spiro atoms. The topological polar surface area (TPSA) is 86.4 Å². The maximum Gasteiger partial charge on any atom is 0.252 e. The minimum Gasteiger partial charge on any atom is -0.492 e. The van der Waals surface area contributed by atoms with Gasteiger partial charge in [0.15, 0.2) is 0 Å². The highest BCUT2D eigenvalue weighted by molar-refractivity contribution is 5.96. The zero-order valence-corrected chi connectivity index (χ0v) is 25.2. The zero-order valence-electron chi connectivity index (χ0n) is 25.2. The van der Waals surface area contributed by atoms with Crippen molar-refractivity contribution in [2.75, 3.05) is 33.9 Å². The molecule has 1 N–H and O–H groups in total. The van der Waals surface area contributed by atoms with Crippen LogP contribution in [0.4, 0.5) is 0 Å². The van der Waals surface area contributed by atoms with E-state index < -0.39 is 0 Å². The summed E-state index contributed by atoms with van der Waals surface area (Å²) in [5.41, 5.74) is 6.27. The number of aromatic nitrogens is 4. The molecule has 4 aromatic rings. The van der Waals surface area contributed by atoms with Crippen molar-refractivity contribution in [2.45, 2.75) is 53.4 Å². The number of benzene rings is 2. The van der Waals surface area contributed by atoms with Crippen LogP contribution in [0, 0.1) is 6.92 Å². The number of amides is 1. The summed E-state index contributed by atoms with van der Waals surface area (Å²) in [6.07, 6.45) is 5.64. The van der Waals surface area contributed by atoms with Gasteiger partial charge in [-0.05, 0) is 102 Å². The summed E-state index contributed by atoms with van der Waals surface area (Å²) in [5.74, 6) is 0.540. The molecular weight excluding hydrogens is 516 g/mol. The maximum atomic E-state index is 13.5. The lowest BCUT2D eigenvalue weighted by molar-refractivity contribution is 0.0160. The SMILES string of the molecule is CCOC(C)n1cc(-c2cc(-c3ccn(CC)n3)cc([C@@H](C)NC(=O)c3cc(OCCN(C)C)ccc3C)c2)cn1. The van der Waals surface area contributed by atoms with Crippen molar-refractivity contribution in [1.82, 2.24) is 29.8 Å². The van der Waals surface area contributed by atoms with Crippen molar-refractivity contribution >= 4 is 5.91 Å². The number of rotatable bonds is 13. The summed E-state index contributed by atoms with van der Waals surface area (Å²) in [6.45, 7) is 12.7. The second-order valence-electron chi connectivity index (χ2n) is 10.5. The Morgan fingerprint density at radius 1 is 1.05 bits per heavy atom. The molecule has 4 rings (SSSR count). The van der Waals surface area contributed by atoms with Crippen molar-refractivity contribution in [3.05, 3.63) is 77.7 Å². The molecule has 1 amide bonds. The number of nitrogens with zero attached hydrogens (tertiary/aromatic N) is 5. The predicted molar refractivity (Wildman–Crippen MR) is 162 cm³/mol. The third kappa shape index (κ3) is 7.62. The van der Waals surface area contributed by atoms with E-state index in [1.165, 1.54) is 0 Å². The Hall–Kier alpha value is -3.95. The summed E-state index contributed by atoms with van der Waals surface area (Å²) in [7, 11) is 4.00. The first-order valence-corrected chi connectivity index (χ1v) is 14.2. The smallest absolute Gasteiger partial charge is 0.252 e. The molecule has 0 fully saturated rings. The molecule has 9 heteroatoms. The Kier molecular flexibility index (Phi) is 9.96. The second-order valence-corrected chi connectivity index (χ2v) is 10.5. The van der Waals surface area contributed by atoms with E-state index in [9.17, 15) is 4.79 Å². The third-order valence-corrected chi connectivity index (χ3v) is 7.04. The summed E-state index contributed by atoms with van der Waals surface area (Å²) >= 11 is 0. The van der Waals surface area contributed by atoms with Gasteiger partial charge in [-0.1, -0.05) is 6.07 Å². The average molecular weight is 559 g/mol. The summed E-state index contributed by atoms with van der Waals surface area (Å²) < 4.78 is 15.3. The molecule has 0 aliphatic rings. The van der Waals surface area contributed by atoms with E-state index in [-0.39, 0.29) is 18.2 Å². The number of carbonyl (C=O) groups excluding carboxylic acids is 1. The van der Waals surface area contributed by atoms with Crippen molar-refractivity contribution in [1.29, 1.82) is 0 Å². The molecule has 2 aromatic carbocycles. The Morgan fingerprint density at radius 3 is 2.54 bits per heavy atom. The fourth-order valence-electron chi connectivity index (χ4n) is 4.55. The second kappa shape index (κ2) is 13.6. The molecule has 0 aliphatic heterocycles. The van der Waals surface area contributed by atoms with Gasteiger partial charge in [-0.25, -0.2) is 4.68 Å². The molecule has 0 aliphatic carbocycles. The van der Waals surface area contributed by atoms with Crippen LogP contribution in [0.3, 0.4) is 0 Å². The van der Waals surface area contributed by atoms with Gasteiger partial charge < -0.3 is 19.7 Å². The van der Waals surface area contributed by atoms with E-state index in [0.717, 1.165) is 46.6 Å². The molecule has 2 atom stereocenters. The van der Waals surface area contributed by atoms with E-state index >= 15 is 0 Å². The van der Waals surface area contributed by atoms with Gasteiger partial charge in [-0.3, -0.25) is 9.48 Å². The van der Waals surface area contributed by atoms with Crippen LogP contribution in [0.5, 0.6) is 5.75 Å². The molecular formula is C32H42N6O3. The Morgan fingerprint density at radius 2 is 1.83 bits per heavy atom. The Bertz CT molecular complexity index is 1460. The van der Waals surface area contributed by atoms with Crippen molar-refractivity contribution < 1.29 is 14.3 Å². The standard InChI is InChI=1S/C32H42N6O3/c1-8-37-13-12-31(35-37)27-17-25(16-26(18-27)28-20-33-38(21-28)24(5)40-9-2)23(4)34-32(39)30-19-29(11-10-22(30)3)41-15-14-36(6)7/h10-13,16-21,23-24H,8-9,14-15H2,1-7H3,(H,34,39)/t23-,24?/m1/s1. The lowest BCUT2D eigenvalue weighted by atomic mass is 9.96. The Labute approximate surface area is 243 Å². The molecule has 218 valence electrons. The first-order chi connectivity index (χ1) is 19.7. The lowest BCUT2D eigenvalue weighted by Gasteiger charge is -2.18. The highest BCUT2D eigenvalue weighted by Gasteiger charge is 2.18. The normalized spacial score (nSPS) is 12.9. The molecule has 41 heavy (non-hydrogen) atoms.